The van der Waals surface area contributed by atoms with E-state index in [0.717, 1.165) is 43.0 Å². The van der Waals surface area contributed by atoms with Crippen LogP contribution in [0.25, 0.3) is 0 Å². The molecule has 1 aromatic heterocycles. The topological polar surface area (TPSA) is 59.2 Å². The fourth-order valence-corrected chi connectivity index (χ4v) is 3.99. The van der Waals surface area contributed by atoms with Crippen LogP contribution in [-0.4, -0.2) is 28.4 Å². The lowest BCUT2D eigenvalue weighted by Crippen LogP contribution is -2.46. The third-order valence-electron chi connectivity index (χ3n) is 4.91. The Morgan fingerprint density at radius 1 is 1.33 bits per heavy atom. The predicted molar refractivity (Wildman–Crippen MR) is 84.0 cm³/mol. The van der Waals surface area contributed by atoms with Crippen LogP contribution in [0.15, 0.2) is 12.1 Å². The summed E-state index contributed by atoms with van der Waals surface area (Å²) in [6, 6.07) is 4.12. The lowest BCUT2D eigenvalue weighted by molar-refractivity contribution is 0.0548. The molecule has 21 heavy (non-hydrogen) atoms. The first-order valence-corrected chi connectivity index (χ1v) is 8.26. The monoisotopic (exact) mass is 287 g/mol. The predicted octanol–water partition coefficient (Wildman–Crippen LogP) is 3.02. The number of nitrogens with zero attached hydrogens (tertiary/aromatic N) is 2. The van der Waals surface area contributed by atoms with E-state index in [4.69, 9.17) is 5.73 Å². The molecule has 0 bridgehead atoms. The molecule has 114 valence electrons. The number of carbonyl (C=O) groups excluding carboxylic acids is 1. The van der Waals surface area contributed by atoms with Gasteiger partial charge in [-0.2, -0.15) is 0 Å². The lowest BCUT2D eigenvalue weighted by Gasteiger charge is -2.38. The second-order valence-corrected chi connectivity index (χ2v) is 6.42. The van der Waals surface area contributed by atoms with Gasteiger partial charge in [0.05, 0.1) is 0 Å². The van der Waals surface area contributed by atoms with Gasteiger partial charge in [-0.3, -0.25) is 4.79 Å². The van der Waals surface area contributed by atoms with E-state index in [9.17, 15) is 4.79 Å². The molecule has 1 aromatic rings. The largest absolute Gasteiger partial charge is 0.384 e. The van der Waals surface area contributed by atoms with Crippen LogP contribution in [0.3, 0.4) is 0 Å². The normalized spacial score (nSPS) is 24.9. The molecular weight excluding hydrogens is 262 g/mol. The standard InChI is InChI=1S/C17H25N3O/c1-2-5-14-10-13(11-16(18)19-14)17(21)20-9-4-7-12-6-3-8-15(12)20/h10-12,15H,2-9H2,1H3,(H2,18,19). The quantitative estimate of drug-likeness (QED) is 0.929. The van der Waals surface area contributed by atoms with Crippen molar-refractivity contribution in [2.24, 2.45) is 5.92 Å². The molecule has 1 aliphatic carbocycles. The van der Waals surface area contributed by atoms with Crippen LogP contribution in [0.5, 0.6) is 0 Å². The van der Waals surface area contributed by atoms with Crippen molar-refractivity contribution in [3.8, 4) is 0 Å². The molecule has 1 aliphatic heterocycles. The van der Waals surface area contributed by atoms with E-state index in [0.29, 0.717) is 11.9 Å². The lowest BCUT2D eigenvalue weighted by atomic mass is 9.91. The number of piperidine rings is 1. The SMILES string of the molecule is CCCc1cc(C(=O)N2CCCC3CCCC32)cc(N)n1. The van der Waals surface area contributed by atoms with Crippen molar-refractivity contribution in [1.82, 2.24) is 9.88 Å². The van der Waals surface area contributed by atoms with Gasteiger partial charge in [0.15, 0.2) is 0 Å². The third kappa shape index (κ3) is 2.89. The number of rotatable bonds is 3. The summed E-state index contributed by atoms with van der Waals surface area (Å²) in [5, 5.41) is 0. The third-order valence-corrected chi connectivity index (χ3v) is 4.91. The first kappa shape index (κ1) is 14.4. The number of nitrogens with two attached hydrogens (primary N) is 1. The number of aromatic nitrogens is 1. The molecule has 2 atom stereocenters. The number of nitrogen functional groups attached to an aromatic ring is 1. The van der Waals surface area contributed by atoms with Gasteiger partial charge in [0.25, 0.3) is 5.91 Å². The minimum atomic E-state index is 0.151. The highest BCUT2D eigenvalue weighted by Crippen LogP contribution is 2.37. The molecule has 0 aromatic carbocycles. The highest BCUT2D eigenvalue weighted by molar-refractivity contribution is 5.95. The average molecular weight is 287 g/mol. The first-order valence-electron chi connectivity index (χ1n) is 8.26. The number of fused-ring (bicyclic) bond motifs is 1. The second kappa shape index (κ2) is 6.04. The van der Waals surface area contributed by atoms with Crippen LogP contribution in [0.2, 0.25) is 0 Å². The van der Waals surface area contributed by atoms with Crippen LogP contribution >= 0.6 is 0 Å². The van der Waals surface area contributed by atoms with Gasteiger partial charge >= 0.3 is 0 Å². The number of anilines is 1. The van der Waals surface area contributed by atoms with Crippen LogP contribution < -0.4 is 5.73 Å². The van der Waals surface area contributed by atoms with Gasteiger partial charge in [-0.25, -0.2) is 4.98 Å². The van der Waals surface area contributed by atoms with Crippen molar-refractivity contribution in [3.63, 3.8) is 0 Å². The number of aryl methyl sites for hydroxylation is 1. The van der Waals surface area contributed by atoms with E-state index < -0.39 is 0 Å². The number of pyridine rings is 1. The number of hydrogen-bond donors (Lipinski definition) is 1. The highest BCUT2D eigenvalue weighted by atomic mass is 16.2. The van der Waals surface area contributed by atoms with Crippen molar-refractivity contribution in [2.75, 3.05) is 12.3 Å². The first-order chi connectivity index (χ1) is 10.2. The molecule has 0 spiro atoms. The zero-order valence-electron chi connectivity index (χ0n) is 12.8. The summed E-state index contributed by atoms with van der Waals surface area (Å²) >= 11 is 0. The minimum absolute atomic E-state index is 0.151. The van der Waals surface area contributed by atoms with Crippen LogP contribution in [0, 0.1) is 5.92 Å². The maximum Gasteiger partial charge on any atom is 0.254 e. The van der Waals surface area contributed by atoms with Crippen molar-refractivity contribution in [1.29, 1.82) is 0 Å². The van der Waals surface area contributed by atoms with Gasteiger partial charge in [-0.15, -0.1) is 0 Å². The Hall–Kier alpha value is -1.58. The fourth-order valence-electron chi connectivity index (χ4n) is 3.99. The van der Waals surface area contributed by atoms with Crippen LogP contribution in [-0.2, 0) is 6.42 Å². The molecule has 2 N–H and O–H groups in total. The van der Waals surface area contributed by atoms with Gasteiger partial charge < -0.3 is 10.6 Å². The van der Waals surface area contributed by atoms with E-state index in [-0.39, 0.29) is 5.91 Å². The summed E-state index contributed by atoms with van der Waals surface area (Å²) in [6.45, 7) is 3.01. The second-order valence-electron chi connectivity index (χ2n) is 6.42. The molecule has 4 heteroatoms. The molecule has 0 radical (unpaired) electrons. The van der Waals surface area contributed by atoms with Crippen molar-refractivity contribution < 1.29 is 4.79 Å². The summed E-state index contributed by atoms with van der Waals surface area (Å²) < 4.78 is 0. The Kier molecular flexibility index (Phi) is 4.13. The summed E-state index contributed by atoms with van der Waals surface area (Å²) in [5.41, 5.74) is 7.53. The Bertz CT molecular complexity index is 529. The average Bonchev–Trinajstić information content (AvgIpc) is 2.94. The summed E-state index contributed by atoms with van der Waals surface area (Å²) in [6.07, 6.45) is 8.02. The van der Waals surface area contributed by atoms with Crippen LogP contribution in [0.1, 0.15) is 61.5 Å². The summed E-state index contributed by atoms with van der Waals surface area (Å²) in [4.78, 5) is 19.3. The van der Waals surface area contributed by atoms with Crippen LogP contribution in [0.4, 0.5) is 5.82 Å². The number of carbonyl (C=O) groups is 1. The molecule has 2 aliphatic rings. The highest BCUT2D eigenvalue weighted by Gasteiger charge is 2.37. The maximum absolute atomic E-state index is 12.9. The summed E-state index contributed by atoms with van der Waals surface area (Å²) in [5.74, 6) is 1.33. The molecule has 4 nitrogen and oxygen atoms in total. The van der Waals surface area contributed by atoms with Gasteiger partial charge in [0, 0.05) is 23.8 Å². The summed E-state index contributed by atoms with van der Waals surface area (Å²) in [7, 11) is 0. The van der Waals surface area contributed by atoms with E-state index >= 15 is 0 Å². The zero-order valence-corrected chi connectivity index (χ0v) is 12.8. The van der Waals surface area contributed by atoms with E-state index in [1.54, 1.807) is 6.07 Å². The molecule has 1 saturated heterocycles. The van der Waals surface area contributed by atoms with Crippen molar-refractivity contribution >= 4 is 11.7 Å². The molecule has 1 amide bonds. The molecule has 2 heterocycles. The van der Waals surface area contributed by atoms with Gasteiger partial charge in [-0.1, -0.05) is 19.8 Å². The number of hydrogen-bond acceptors (Lipinski definition) is 3. The zero-order chi connectivity index (χ0) is 14.8. The minimum Gasteiger partial charge on any atom is -0.384 e. The Balaban J connectivity index is 1.84. The molecular formula is C17H25N3O. The Labute approximate surface area is 126 Å². The maximum atomic E-state index is 12.9. The fraction of sp³-hybridized carbons (Fsp3) is 0.647. The van der Waals surface area contributed by atoms with Crippen molar-refractivity contribution in [3.05, 3.63) is 23.4 Å². The number of likely N-dealkylation sites (tertiary alicyclic amines) is 1. The van der Waals surface area contributed by atoms with Crippen molar-refractivity contribution in [2.45, 2.75) is 57.9 Å². The van der Waals surface area contributed by atoms with E-state index in [1.807, 2.05) is 6.07 Å². The molecule has 2 unspecified atom stereocenters. The van der Waals surface area contributed by atoms with E-state index in [2.05, 4.69) is 16.8 Å². The molecule has 3 rings (SSSR count). The van der Waals surface area contributed by atoms with Gasteiger partial charge in [-0.05, 0) is 50.2 Å². The molecule has 1 saturated carbocycles. The van der Waals surface area contributed by atoms with Gasteiger partial charge in [0.2, 0.25) is 0 Å². The van der Waals surface area contributed by atoms with Gasteiger partial charge in [0.1, 0.15) is 5.82 Å². The van der Waals surface area contributed by atoms with E-state index in [1.165, 1.54) is 25.7 Å². The molecule has 2 fully saturated rings. The number of amides is 1. The smallest absolute Gasteiger partial charge is 0.254 e. The Morgan fingerprint density at radius 2 is 2.14 bits per heavy atom. The Morgan fingerprint density at radius 3 is 2.95 bits per heavy atom.